The second kappa shape index (κ2) is 8.06. The van der Waals surface area contributed by atoms with Crippen molar-refractivity contribution in [2.24, 2.45) is 5.92 Å². The lowest BCUT2D eigenvalue weighted by Gasteiger charge is -2.14. The van der Waals surface area contributed by atoms with Gasteiger partial charge in [-0.1, -0.05) is 48.4 Å². The van der Waals surface area contributed by atoms with Crippen LogP contribution in [0.5, 0.6) is 0 Å². The summed E-state index contributed by atoms with van der Waals surface area (Å²) in [6, 6.07) is 9.06. The number of nitrogens with zero attached hydrogens (tertiary/aromatic N) is 4. The molecule has 0 unspecified atom stereocenters. The van der Waals surface area contributed by atoms with E-state index in [1.54, 1.807) is 34.1 Å². The largest absolute Gasteiger partial charge is 0.333 e. The van der Waals surface area contributed by atoms with Crippen LogP contribution in [-0.2, 0) is 12.3 Å². The van der Waals surface area contributed by atoms with Gasteiger partial charge in [-0.2, -0.15) is 4.98 Å². The minimum absolute atomic E-state index is 0.0870. The van der Waals surface area contributed by atoms with E-state index in [1.807, 2.05) is 17.5 Å². The number of thioether (sulfide) groups is 1. The summed E-state index contributed by atoms with van der Waals surface area (Å²) in [6.45, 7) is 4.70. The average molecular weight is 433 g/mol. The smallest absolute Gasteiger partial charge is 0.268 e. The second-order valence-corrected chi connectivity index (χ2v) is 8.97. The minimum atomic E-state index is -0.0870. The first kappa shape index (κ1) is 19.2. The highest BCUT2D eigenvalue weighted by atomic mass is 35.5. The van der Waals surface area contributed by atoms with E-state index in [2.05, 4.69) is 29.0 Å². The highest BCUT2D eigenvalue weighted by molar-refractivity contribution is 7.98. The Hall–Kier alpha value is -2.16. The zero-order valence-electron chi connectivity index (χ0n) is 15.3. The lowest BCUT2D eigenvalue weighted by Crippen LogP contribution is -2.25. The average Bonchev–Trinajstić information content (AvgIpc) is 3.34. The Morgan fingerprint density at radius 2 is 2.14 bits per heavy atom. The van der Waals surface area contributed by atoms with Crippen molar-refractivity contribution >= 4 is 45.6 Å². The van der Waals surface area contributed by atoms with Crippen LogP contribution in [0.15, 0.2) is 50.2 Å². The van der Waals surface area contributed by atoms with Crippen LogP contribution in [0.3, 0.4) is 0 Å². The fraction of sp³-hybridized carbons (Fsp3) is 0.263. The summed E-state index contributed by atoms with van der Waals surface area (Å²) in [7, 11) is 0. The number of halogens is 1. The maximum Gasteiger partial charge on any atom is 0.268 e. The monoisotopic (exact) mass is 432 g/mol. The lowest BCUT2D eigenvalue weighted by atomic mass is 10.2. The molecule has 3 heterocycles. The van der Waals surface area contributed by atoms with Crippen LogP contribution in [0.2, 0.25) is 5.02 Å². The molecule has 0 saturated heterocycles. The van der Waals surface area contributed by atoms with E-state index in [1.165, 1.54) is 11.8 Å². The number of benzene rings is 1. The van der Waals surface area contributed by atoms with Gasteiger partial charge in [-0.25, -0.2) is 4.98 Å². The van der Waals surface area contributed by atoms with E-state index < -0.39 is 0 Å². The van der Waals surface area contributed by atoms with Gasteiger partial charge in [0.05, 0.1) is 21.5 Å². The third-order valence-corrected chi connectivity index (χ3v) is 6.02. The van der Waals surface area contributed by atoms with Crippen molar-refractivity contribution in [1.82, 2.24) is 19.7 Å². The Morgan fingerprint density at radius 1 is 1.29 bits per heavy atom. The SMILES string of the molecule is CC(C)Cn1c(SCc2noc(-c3cccs3)n2)nc2ccc(Cl)cc2c1=O. The molecule has 28 heavy (non-hydrogen) atoms. The van der Waals surface area contributed by atoms with Crippen molar-refractivity contribution in [3.8, 4) is 10.8 Å². The van der Waals surface area contributed by atoms with E-state index in [0.717, 1.165) is 4.88 Å². The molecule has 0 aliphatic rings. The number of thiophene rings is 1. The molecular formula is C19H17ClN4O2S2. The number of fused-ring (bicyclic) bond motifs is 1. The molecule has 6 nitrogen and oxygen atoms in total. The van der Waals surface area contributed by atoms with Gasteiger partial charge in [0.2, 0.25) is 0 Å². The summed E-state index contributed by atoms with van der Waals surface area (Å²) in [5.74, 6) is 1.82. The van der Waals surface area contributed by atoms with Crippen molar-refractivity contribution in [1.29, 1.82) is 0 Å². The first-order valence-corrected chi connectivity index (χ1v) is 10.9. The Labute approximate surface area is 174 Å². The number of hydrogen-bond donors (Lipinski definition) is 0. The molecule has 0 amide bonds. The van der Waals surface area contributed by atoms with Crippen LogP contribution in [0.25, 0.3) is 21.7 Å². The van der Waals surface area contributed by atoms with Gasteiger partial charge < -0.3 is 4.52 Å². The van der Waals surface area contributed by atoms with Crippen LogP contribution in [0.4, 0.5) is 0 Å². The molecule has 4 aromatic rings. The summed E-state index contributed by atoms with van der Waals surface area (Å²) in [6.07, 6.45) is 0. The zero-order valence-corrected chi connectivity index (χ0v) is 17.6. The maximum atomic E-state index is 13.0. The molecule has 144 valence electrons. The molecule has 4 rings (SSSR count). The van der Waals surface area contributed by atoms with Gasteiger partial charge in [0.15, 0.2) is 11.0 Å². The van der Waals surface area contributed by atoms with Crippen LogP contribution >= 0.6 is 34.7 Å². The summed E-state index contributed by atoms with van der Waals surface area (Å²) in [4.78, 5) is 23.1. The highest BCUT2D eigenvalue weighted by Gasteiger charge is 2.15. The topological polar surface area (TPSA) is 73.8 Å². The highest BCUT2D eigenvalue weighted by Crippen LogP contribution is 2.26. The Kier molecular flexibility index (Phi) is 5.52. The molecule has 0 fully saturated rings. The van der Waals surface area contributed by atoms with Crippen LogP contribution in [-0.4, -0.2) is 19.7 Å². The Bertz CT molecular complexity index is 1170. The third-order valence-electron chi connectivity index (χ3n) is 3.96. The Balaban J connectivity index is 1.65. The summed E-state index contributed by atoms with van der Waals surface area (Å²) < 4.78 is 7.03. The van der Waals surface area contributed by atoms with Crippen molar-refractivity contribution in [3.63, 3.8) is 0 Å². The van der Waals surface area contributed by atoms with Crippen molar-refractivity contribution in [3.05, 3.63) is 56.9 Å². The molecular weight excluding hydrogens is 416 g/mol. The number of rotatable bonds is 6. The molecule has 9 heteroatoms. The van der Waals surface area contributed by atoms with Gasteiger partial charge in [-0.15, -0.1) is 11.3 Å². The van der Waals surface area contributed by atoms with Gasteiger partial charge in [0.25, 0.3) is 11.4 Å². The zero-order chi connectivity index (χ0) is 19.7. The van der Waals surface area contributed by atoms with E-state index in [-0.39, 0.29) is 5.56 Å². The molecule has 0 aliphatic heterocycles. The van der Waals surface area contributed by atoms with Gasteiger partial charge in [-0.3, -0.25) is 9.36 Å². The van der Waals surface area contributed by atoms with Gasteiger partial charge in [-0.05, 0) is 35.6 Å². The van der Waals surface area contributed by atoms with E-state index in [4.69, 9.17) is 16.1 Å². The van der Waals surface area contributed by atoms with Crippen LogP contribution in [0, 0.1) is 5.92 Å². The fourth-order valence-electron chi connectivity index (χ4n) is 2.75. The predicted octanol–water partition coefficient (Wildman–Crippen LogP) is 5.11. The van der Waals surface area contributed by atoms with Crippen LogP contribution < -0.4 is 5.56 Å². The fourth-order valence-corrected chi connectivity index (χ4v) is 4.42. The minimum Gasteiger partial charge on any atom is -0.333 e. The quantitative estimate of drug-likeness (QED) is 0.311. The molecule has 1 aromatic carbocycles. The molecule has 0 atom stereocenters. The molecule has 0 aliphatic carbocycles. The van der Waals surface area contributed by atoms with Gasteiger partial charge >= 0.3 is 0 Å². The summed E-state index contributed by atoms with van der Waals surface area (Å²) in [5, 5.41) is 7.69. The normalized spacial score (nSPS) is 11.6. The molecule has 0 N–H and O–H groups in total. The van der Waals surface area contributed by atoms with Gasteiger partial charge in [0.1, 0.15) is 0 Å². The van der Waals surface area contributed by atoms with Crippen LogP contribution in [0.1, 0.15) is 19.7 Å². The third kappa shape index (κ3) is 3.99. The molecule has 0 radical (unpaired) electrons. The number of hydrogen-bond acceptors (Lipinski definition) is 7. The van der Waals surface area contributed by atoms with E-state index in [9.17, 15) is 4.79 Å². The summed E-state index contributed by atoms with van der Waals surface area (Å²) in [5.41, 5.74) is 0.542. The molecule has 0 spiro atoms. The number of aromatic nitrogens is 4. The Morgan fingerprint density at radius 3 is 2.89 bits per heavy atom. The first-order chi connectivity index (χ1) is 13.5. The van der Waals surface area contributed by atoms with Crippen molar-refractivity contribution in [2.75, 3.05) is 0 Å². The van der Waals surface area contributed by atoms with Crippen molar-refractivity contribution in [2.45, 2.75) is 31.3 Å². The molecule has 0 saturated carbocycles. The maximum absolute atomic E-state index is 13.0. The molecule has 0 bridgehead atoms. The first-order valence-electron chi connectivity index (χ1n) is 8.70. The standard InChI is InChI=1S/C19H17ClN4O2S2/c1-11(2)9-24-18(25)13-8-12(20)5-6-14(13)21-19(24)28-10-16-22-17(26-23-16)15-4-3-7-27-15/h3-8,11H,9-10H2,1-2H3. The predicted molar refractivity (Wildman–Crippen MR) is 113 cm³/mol. The van der Waals surface area contributed by atoms with E-state index in [0.29, 0.717) is 51.0 Å². The summed E-state index contributed by atoms with van der Waals surface area (Å²) >= 11 is 9.04. The molecule has 3 aromatic heterocycles. The van der Waals surface area contributed by atoms with Crippen molar-refractivity contribution < 1.29 is 4.52 Å². The lowest BCUT2D eigenvalue weighted by molar-refractivity contribution is 0.426. The van der Waals surface area contributed by atoms with E-state index >= 15 is 0 Å². The van der Waals surface area contributed by atoms with Gasteiger partial charge in [0, 0.05) is 11.6 Å². The second-order valence-electron chi connectivity index (χ2n) is 6.65.